The Kier molecular flexibility index (Phi) is 5.78. The highest BCUT2D eigenvalue weighted by Crippen LogP contribution is 2.38. The molecule has 0 N–H and O–H groups in total. The van der Waals surface area contributed by atoms with Crippen molar-refractivity contribution in [3.05, 3.63) is 152 Å². The maximum atomic E-state index is 6.40. The lowest BCUT2D eigenvalue weighted by Gasteiger charge is -2.13. The Bertz CT molecular complexity index is 2550. The van der Waals surface area contributed by atoms with E-state index in [4.69, 9.17) is 19.4 Å². The fourth-order valence-electron chi connectivity index (χ4n) is 6.30. The molecule has 0 amide bonds. The van der Waals surface area contributed by atoms with E-state index in [0.29, 0.717) is 17.5 Å². The molecule has 0 aliphatic heterocycles. The smallest absolute Gasteiger partial charge is 0.167 e. The normalized spacial score (nSPS) is 11.6. The average molecular weight is 576 g/mol. The first-order chi connectivity index (χ1) is 22.3. The zero-order valence-corrected chi connectivity index (χ0v) is 24.2. The standard InChI is InChI=1S/C41H25N3O/c1-2-12-27(13-3-1)39-42-40(44-41(43-39)35-19-10-18-34-33-17-8-9-20-37(33)45-38(34)35)31-24-29-15-6-7-16-32(29)36(25-31)30-22-21-26-11-4-5-14-28(26)23-30/h1-25H. The zero-order valence-electron chi connectivity index (χ0n) is 24.2. The molecule has 4 heteroatoms. The molecular formula is C41H25N3O. The van der Waals surface area contributed by atoms with Crippen LogP contribution in [-0.4, -0.2) is 15.0 Å². The zero-order chi connectivity index (χ0) is 29.7. The Labute approximate surface area is 259 Å². The number of rotatable bonds is 4. The topological polar surface area (TPSA) is 51.8 Å². The third-order valence-corrected chi connectivity index (χ3v) is 8.49. The number of aromatic nitrogens is 3. The van der Waals surface area contributed by atoms with Gasteiger partial charge in [-0.3, -0.25) is 0 Å². The Morgan fingerprint density at radius 2 is 1.00 bits per heavy atom. The average Bonchev–Trinajstić information content (AvgIpc) is 3.50. The number of fused-ring (bicyclic) bond motifs is 5. The molecule has 0 aliphatic rings. The molecule has 4 nitrogen and oxygen atoms in total. The van der Waals surface area contributed by atoms with Crippen molar-refractivity contribution in [3.8, 4) is 45.3 Å². The molecule has 0 radical (unpaired) electrons. The molecule has 0 saturated carbocycles. The van der Waals surface area contributed by atoms with Crippen LogP contribution in [0.3, 0.4) is 0 Å². The van der Waals surface area contributed by atoms with Gasteiger partial charge in [0, 0.05) is 21.9 Å². The lowest BCUT2D eigenvalue weighted by atomic mass is 9.94. The van der Waals surface area contributed by atoms with Gasteiger partial charge in [0.15, 0.2) is 17.5 Å². The van der Waals surface area contributed by atoms with Gasteiger partial charge in [-0.2, -0.15) is 0 Å². The van der Waals surface area contributed by atoms with E-state index >= 15 is 0 Å². The molecule has 210 valence electrons. The van der Waals surface area contributed by atoms with Gasteiger partial charge in [-0.15, -0.1) is 0 Å². The summed E-state index contributed by atoms with van der Waals surface area (Å²) in [6.07, 6.45) is 0. The van der Waals surface area contributed by atoms with E-state index in [2.05, 4.69) is 91.0 Å². The van der Waals surface area contributed by atoms with Gasteiger partial charge in [0.2, 0.25) is 0 Å². The Morgan fingerprint density at radius 1 is 0.356 bits per heavy atom. The molecule has 0 atom stereocenters. The molecule has 9 rings (SSSR count). The minimum atomic E-state index is 0.573. The second-order valence-corrected chi connectivity index (χ2v) is 11.3. The van der Waals surface area contributed by atoms with E-state index in [1.54, 1.807) is 0 Å². The van der Waals surface area contributed by atoms with Gasteiger partial charge in [-0.1, -0.05) is 121 Å². The van der Waals surface area contributed by atoms with Gasteiger partial charge in [-0.05, 0) is 63.0 Å². The fraction of sp³-hybridized carbons (Fsp3) is 0. The summed E-state index contributed by atoms with van der Waals surface area (Å²) in [5, 5.41) is 6.84. The highest BCUT2D eigenvalue weighted by molar-refractivity contribution is 6.09. The van der Waals surface area contributed by atoms with Crippen molar-refractivity contribution in [2.75, 3.05) is 0 Å². The molecule has 0 spiro atoms. The summed E-state index contributed by atoms with van der Waals surface area (Å²) in [5.74, 6) is 1.80. The Morgan fingerprint density at radius 3 is 1.87 bits per heavy atom. The van der Waals surface area contributed by atoms with Crippen LogP contribution < -0.4 is 0 Å². The fourth-order valence-corrected chi connectivity index (χ4v) is 6.30. The van der Waals surface area contributed by atoms with Crippen molar-refractivity contribution in [2.45, 2.75) is 0 Å². The van der Waals surface area contributed by atoms with Crippen LogP contribution >= 0.6 is 0 Å². The van der Waals surface area contributed by atoms with Crippen LogP contribution in [0.5, 0.6) is 0 Å². The van der Waals surface area contributed by atoms with Crippen LogP contribution in [-0.2, 0) is 0 Å². The molecule has 0 aliphatic carbocycles. The first kappa shape index (κ1) is 25.4. The Balaban J connectivity index is 1.30. The molecule has 0 unspecified atom stereocenters. The molecule has 0 fully saturated rings. The van der Waals surface area contributed by atoms with E-state index in [-0.39, 0.29) is 0 Å². The van der Waals surface area contributed by atoms with Crippen molar-refractivity contribution in [2.24, 2.45) is 0 Å². The Hall–Kier alpha value is -6.13. The van der Waals surface area contributed by atoms with Crippen LogP contribution in [0.1, 0.15) is 0 Å². The van der Waals surface area contributed by atoms with Gasteiger partial charge < -0.3 is 4.42 Å². The van der Waals surface area contributed by atoms with Crippen molar-refractivity contribution < 1.29 is 4.42 Å². The molecule has 2 heterocycles. The van der Waals surface area contributed by atoms with E-state index < -0.39 is 0 Å². The van der Waals surface area contributed by atoms with E-state index in [9.17, 15) is 0 Å². The lowest BCUT2D eigenvalue weighted by Crippen LogP contribution is -2.00. The number of furan rings is 1. The highest BCUT2D eigenvalue weighted by Gasteiger charge is 2.18. The second kappa shape index (κ2) is 10.2. The van der Waals surface area contributed by atoms with Gasteiger partial charge in [0.05, 0.1) is 5.56 Å². The SMILES string of the molecule is c1ccc(-c2nc(-c3cc(-c4ccc5ccccc5c4)c4ccccc4c3)nc(-c3cccc4c3oc3ccccc34)n2)cc1. The van der Waals surface area contributed by atoms with Crippen LogP contribution in [0.4, 0.5) is 0 Å². The first-order valence-electron chi connectivity index (χ1n) is 15.0. The second-order valence-electron chi connectivity index (χ2n) is 11.3. The number of hydrogen-bond donors (Lipinski definition) is 0. The van der Waals surface area contributed by atoms with Gasteiger partial charge in [0.25, 0.3) is 0 Å². The molecule has 0 saturated heterocycles. The van der Waals surface area contributed by atoms with Gasteiger partial charge in [-0.25, -0.2) is 15.0 Å². The van der Waals surface area contributed by atoms with Gasteiger partial charge >= 0.3 is 0 Å². The summed E-state index contributed by atoms with van der Waals surface area (Å²) in [5.41, 5.74) is 6.58. The molecule has 2 aromatic heterocycles. The summed E-state index contributed by atoms with van der Waals surface area (Å²) >= 11 is 0. The van der Waals surface area contributed by atoms with Crippen molar-refractivity contribution in [3.63, 3.8) is 0 Å². The molecule has 9 aromatic rings. The van der Waals surface area contributed by atoms with Crippen molar-refractivity contribution >= 4 is 43.5 Å². The summed E-state index contributed by atoms with van der Waals surface area (Å²) in [4.78, 5) is 15.2. The van der Waals surface area contributed by atoms with Crippen LogP contribution in [0, 0.1) is 0 Å². The minimum Gasteiger partial charge on any atom is -0.455 e. The summed E-state index contributed by atoms with van der Waals surface area (Å²) < 4.78 is 6.40. The quantitative estimate of drug-likeness (QED) is 0.209. The maximum Gasteiger partial charge on any atom is 0.167 e. The number of para-hydroxylation sites is 2. The summed E-state index contributed by atoms with van der Waals surface area (Å²) in [6, 6.07) is 52.3. The maximum absolute atomic E-state index is 6.40. The number of nitrogens with zero attached hydrogens (tertiary/aromatic N) is 3. The van der Waals surface area contributed by atoms with Crippen LogP contribution in [0.25, 0.3) is 88.8 Å². The molecular weight excluding hydrogens is 550 g/mol. The third kappa shape index (κ3) is 4.35. The van der Waals surface area contributed by atoms with E-state index in [1.807, 2.05) is 60.7 Å². The van der Waals surface area contributed by atoms with Crippen LogP contribution in [0.15, 0.2) is 156 Å². The van der Waals surface area contributed by atoms with E-state index in [1.165, 1.54) is 16.2 Å². The lowest BCUT2D eigenvalue weighted by molar-refractivity contribution is 0.669. The predicted octanol–water partition coefficient (Wildman–Crippen LogP) is 10.7. The number of hydrogen-bond acceptors (Lipinski definition) is 4. The largest absolute Gasteiger partial charge is 0.455 e. The summed E-state index contributed by atoms with van der Waals surface area (Å²) in [6.45, 7) is 0. The molecule has 45 heavy (non-hydrogen) atoms. The summed E-state index contributed by atoms with van der Waals surface area (Å²) in [7, 11) is 0. The predicted molar refractivity (Wildman–Crippen MR) is 184 cm³/mol. The van der Waals surface area contributed by atoms with Crippen molar-refractivity contribution in [1.82, 2.24) is 15.0 Å². The van der Waals surface area contributed by atoms with Gasteiger partial charge in [0.1, 0.15) is 11.2 Å². The van der Waals surface area contributed by atoms with Crippen molar-refractivity contribution in [1.29, 1.82) is 0 Å². The van der Waals surface area contributed by atoms with E-state index in [0.717, 1.165) is 55.1 Å². The minimum absolute atomic E-state index is 0.573. The highest BCUT2D eigenvalue weighted by atomic mass is 16.3. The van der Waals surface area contributed by atoms with Crippen LogP contribution in [0.2, 0.25) is 0 Å². The monoisotopic (exact) mass is 575 g/mol. The molecule has 7 aromatic carbocycles. The molecule has 0 bridgehead atoms. The first-order valence-corrected chi connectivity index (χ1v) is 15.0. The third-order valence-electron chi connectivity index (χ3n) is 8.49. The number of benzene rings is 7.